The van der Waals surface area contributed by atoms with Gasteiger partial charge in [0.15, 0.2) is 11.6 Å². The van der Waals surface area contributed by atoms with E-state index in [2.05, 4.69) is 11.6 Å². The molecule has 3 atom stereocenters. The van der Waals surface area contributed by atoms with Crippen LogP contribution in [0, 0.1) is 30.3 Å². The number of nitrogens with zero attached hydrogens (tertiary/aromatic N) is 3. The Morgan fingerprint density at radius 1 is 1.18 bits per heavy atom. The molecule has 2 aliphatic heterocycles. The zero-order chi connectivity index (χ0) is 31.6. The normalized spacial score (nSPS) is 19.5. The minimum Gasteiger partial charge on any atom is -0.507 e. The summed E-state index contributed by atoms with van der Waals surface area (Å²) in [4.78, 5) is 33.2. The van der Waals surface area contributed by atoms with Crippen LogP contribution in [0.4, 0.5) is 13.2 Å². The minimum absolute atomic E-state index is 0.0207. The molecule has 0 saturated carbocycles. The number of hydrogen-bond donors (Lipinski definition) is 1. The molecule has 0 radical (unpaired) electrons. The molecule has 2 aromatic carbocycles. The van der Waals surface area contributed by atoms with Crippen molar-refractivity contribution in [2.24, 2.45) is 5.92 Å². The topological polar surface area (TPSA) is 84.7 Å². The van der Waals surface area contributed by atoms with Crippen LogP contribution in [0.2, 0.25) is 0 Å². The van der Waals surface area contributed by atoms with Crippen LogP contribution < -0.4 is 10.3 Å². The van der Waals surface area contributed by atoms with E-state index in [-0.39, 0.29) is 53.0 Å². The standard InChI is InChI=1S/C34H32F3N3O4/c1-6-25(42)39-14-19-15-44-33-26(20(19)12-18(39)5)21-13-23(36)28(27-22(35)8-7-9-24(27)41)29(37)32(21)40(34(33)43)31-17(4)10-11-38-30(31)16(2)3/h6-11,13,16,18-20,41H,1,12,14-15H2,2-5H3. The number of phenols is 1. The molecule has 0 aliphatic carbocycles. The maximum absolute atomic E-state index is 17.0. The molecule has 0 spiro atoms. The molecule has 0 bridgehead atoms. The molecule has 4 heterocycles. The average Bonchev–Trinajstić information content (AvgIpc) is 2.98. The van der Waals surface area contributed by atoms with Gasteiger partial charge in [-0.25, -0.2) is 13.2 Å². The van der Waals surface area contributed by atoms with Crippen molar-refractivity contribution in [3.63, 3.8) is 0 Å². The molecule has 1 saturated heterocycles. The highest BCUT2D eigenvalue weighted by Gasteiger charge is 2.43. The van der Waals surface area contributed by atoms with Crippen molar-refractivity contribution < 1.29 is 27.8 Å². The summed E-state index contributed by atoms with van der Waals surface area (Å²) in [5.74, 6) is -5.03. The summed E-state index contributed by atoms with van der Waals surface area (Å²) in [6, 6.07) is 5.90. The maximum atomic E-state index is 17.0. The number of aryl methyl sites for hydroxylation is 1. The van der Waals surface area contributed by atoms with E-state index in [0.717, 1.165) is 22.8 Å². The van der Waals surface area contributed by atoms with E-state index in [1.54, 1.807) is 24.1 Å². The van der Waals surface area contributed by atoms with Crippen LogP contribution in [-0.2, 0) is 4.79 Å². The summed E-state index contributed by atoms with van der Waals surface area (Å²) in [7, 11) is 0. The zero-order valence-corrected chi connectivity index (χ0v) is 24.8. The summed E-state index contributed by atoms with van der Waals surface area (Å²) in [5.41, 5.74) is -0.572. The Morgan fingerprint density at radius 3 is 2.61 bits per heavy atom. The second-order valence-corrected chi connectivity index (χ2v) is 11.9. The first-order chi connectivity index (χ1) is 21.0. The van der Waals surface area contributed by atoms with Crippen molar-refractivity contribution in [2.45, 2.75) is 52.0 Å². The predicted octanol–water partition coefficient (Wildman–Crippen LogP) is 6.51. The molecule has 7 nitrogen and oxygen atoms in total. The van der Waals surface area contributed by atoms with Gasteiger partial charge in [-0.3, -0.25) is 19.1 Å². The molecule has 6 rings (SSSR count). The zero-order valence-electron chi connectivity index (χ0n) is 24.8. The minimum atomic E-state index is -1.20. The van der Waals surface area contributed by atoms with E-state index in [9.17, 15) is 14.7 Å². The van der Waals surface area contributed by atoms with Crippen LogP contribution in [0.25, 0.3) is 27.7 Å². The number of aromatic hydroxyl groups is 1. The van der Waals surface area contributed by atoms with E-state index >= 15 is 13.2 Å². The fourth-order valence-electron chi connectivity index (χ4n) is 6.85. The fourth-order valence-corrected chi connectivity index (χ4v) is 6.85. The number of halogens is 3. The molecule has 1 fully saturated rings. The second kappa shape index (κ2) is 10.8. The molecule has 228 valence electrons. The van der Waals surface area contributed by atoms with Crippen LogP contribution in [0.1, 0.15) is 55.8 Å². The highest BCUT2D eigenvalue weighted by atomic mass is 19.1. The van der Waals surface area contributed by atoms with Gasteiger partial charge in [-0.1, -0.05) is 26.5 Å². The van der Waals surface area contributed by atoms with E-state index in [1.807, 2.05) is 20.8 Å². The van der Waals surface area contributed by atoms with E-state index < -0.39 is 39.9 Å². The lowest BCUT2D eigenvalue weighted by Gasteiger charge is -2.45. The smallest absolute Gasteiger partial charge is 0.298 e. The van der Waals surface area contributed by atoms with Gasteiger partial charge in [0.1, 0.15) is 17.4 Å². The first-order valence-electron chi connectivity index (χ1n) is 14.6. The number of piperidine rings is 1. The quantitative estimate of drug-likeness (QED) is 0.269. The molecule has 3 unspecified atom stereocenters. The molecule has 4 aromatic rings. The van der Waals surface area contributed by atoms with Crippen LogP contribution in [0.5, 0.6) is 11.5 Å². The Morgan fingerprint density at radius 2 is 1.93 bits per heavy atom. The lowest BCUT2D eigenvalue weighted by molar-refractivity contribution is -0.131. The number of ether oxygens (including phenoxy) is 1. The molecule has 1 N–H and O–H groups in total. The van der Waals surface area contributed by atoms with Crippen molar-refractivity contribution in [1.82, 2.24) is 14.5 Å². The van der Waals surface area contributed by atoms with Crippen molar-refractivity contribution in [1.29, 1.82) is 0 Å². The number of aromatic nitrogens is 2. The van der Waals surface area contributed by atoms with Gasteiger partial charge >= 0.3 is 0 Å². The number of carbonyl (C=O) groups excluding carboxylic acids is 1. The van der Waals surface area contributed by atoms with Gasteiger partial charge in [-0.05, 0) is 68.0 Å². The van der Waals surface area contributed by atoms with Crippen molar-refractivity contribution in [3.8, 4) is 28.3 Å². The first-order valence-corrected chi connectivity index (χ1v) is 14.6. The Balaban J connectivity index is 1.75. The molecule has 2 aliphatic rings. The van der Waals surface area contributed by atoms with Gasteiger partial charge in [-0.2, -0.15) is 0 Å². The highest BCUT2D eigenvalue weighted by molar-refractivity contribution is 5.93. The Bertz CT molecular complexity index is 1900. The molecular formula is C34H32F3N3O4. The molecular weight excluding hydrogens is 571 g/mol. The van der Waals surface area contributed by atoms with Crippen molar-refractivity contribution >= 4 is 16.8 Å². The number of amides is 1. The largest absolute Gasteiger partial charge is 0.507 e. The SMILES string of the molecule is C=CC(=O)N1CC2COc3c(c4cc(F)c(-c5c(O)cccc5F)c(F)c4n(-c4c(C)ccnc4C(C)C)c3=O)C2CC1C. The third kappa shape index (κ3) is 4.38. The van der Waals surface area contributed by atoms with Gasteiger partial charge in [0, 0.05) is 35.7 Å². The third-order valence-electron chi connectivity index (χ3n) is 8.91. The molecule has 10 heteroatoms. The summed E-state index contributed by atoms with van der Waals surface area (Å²) < 4.78 is 55.5. The number of likely N-dealkylation sites (tertiary alicyclic amines) is 1. The number of rotatable bonds is 4. The lowest BCUT2D eigenvalue weighted by atomic mass is 9.75. The fraction of sp³-hybridized carbons (Fsp3) is 0.324. The Kier molecular flexibility index (Phi) is 7.26. The molecule has 2 aromatic heterocycles. The van der Waals surface area contributed by atoms with E-state index in [4.69, 9.17) is 4.74 Å². The second-order valence-electron chi connectivity index (χ2n) is 11.9. The summed E-state index contributed by atoms with van der Waals surface area (Å²) >= 11 is 0. The highest BCUT2D eigenvalue weighted by Crippen LogP contribution is 2.48. The van der Waals surface area contributed by atoms with E-state index in [1.165, 1.54) is 12.1 Å². The van der Waals surface area contributed by atoms with Crippen LogP contribution in [-0.4, -0.2) is 44.7 Å². The van der Waals surface area contributed by atoms with Crippen molar-refractivity contribution in [2.75, 3.05) is 13.2 Å². The number of benzene rings is 2. The summed E-state index contributed by atoms with van der Waals surface area (Å²) in [6.45, 7) is 11.4. The van der Waals surface area contributed by atoms with Crippen LogP contribution >= 0.6 is 0 Å². The summed E-state index contributed by atoms with van der Waals surface area (Å²) in [6.07, 6.45) is 3.26. The average molecular weight is 604 g/mol. The number of hydrogen-bond acceptors (Lipinski definition) is 5. The predicted molar refractivity (Wildman–Crippen MR) is 161 cm³/mol. The monoisotopic (exact) mass is 603 g/mol. The first kappa shape index (κ1) is 29.5. The third-order valence-corrected chi connectivity index (χ3v) is 8.91. The van der Waals surface area contributed by atoms with Gasteiger partial charge in [0.25, 0.3) is 5.56 Å². The van der Waals surface area contributed by atoms with Crippen LogP contribution in [0.15, 0.2) is 54.0 Å². The Hall–Kier alpha value is -4.60. The van der Waals surface area contributed by atoms with Gasteiger partial charge in [-0.15, -0.1) is 0 Å². The Labute approximate surface area is 252 Å². The number of carbonyl (C=O) groups is 1. The molecule has 44 heavy (non-hydrogen) atoms. The van der Waals surface area contributed by atoms with Gasteiger partial charge in [0.05, 0.1) is 34.6 Å². The number of fused-ring (bicyclic) bond motifs is 5. The number of phenolic OH excluding ortho intramolecular Hbond substituents is 1. The van der Waals surface area contributed by atoms with Crippen LogP contribution in [0.3, 0.4) is 0 Å². The van der Waals surface area contributed by atoms with Crippen molar-refractivity contribution in [3.05, 3.63) is 93.8 Å². The molecule has 1 amide bonds. The number of pyridine rings is 2. The van der Waals surface area contributed by atoms with Gasteiger partial charge in [0.2, 0.25) is 5.91 Å². The van der Waals surface area contributed by atoms with Gasteiger partial charge < -0.3 is 14.7 Å². The lowest BCUT2D eigenvalue weighted by Crippen LogP contribution is -2.51. The van der Waals surface area contributed by atoms with E-state index in [0.29, 0.717) is 35.5 Å². The summed E-state index contributed by atoms with van der Waals surface area (Å²) in [5, 5.41) is 10.6. The maximum Gasteiger partial charge on any atom is 0.298 e.